The molecule has 9 N–H and O–H groups in total. The standard InChI is InChI=1S/C10H12ClN5O3.C10H13N5O4/c11-10-14-8(12)7-9(15-10)16(3-13-7)6-1-4(18)5(2-17)19-6;11-8-5-9(13-2-12-8)15(3-14-5)10-7(18)6(17)4(1-16)19-10/h3-6,17-18H,1-2H2,(H2,12,14,15);2-4,6-7,10,16-18H,1H2,(H2,11,12,13)/t4-,5+,6+;4-,6-,7-,10-/m01/s1. The monoisotopic (exact) mass is 552 g/mol. The first-order valence-corrected chi connectivity index (χ1v) is 11.8. The fraction of sp³-hybridized carbons (Fsp3) is 0.500. The van der Waals surface area contributed by atoms with Gasteiger partial charge in [0.25, 0.3) is 0 Å². The second-order valence-electron chi connectivity index (χ2n) is 8.63. The normalized spacial score (nSPS) is 29.2. The molecule has 18 heteroatoms. The minimum Gasteiger partial charge on any atom is -0.394 e. The Morgan fingerprint density at radius 3 is 2.18 bits per heavy atom. The highest BCUT2D eigenvalue weighted by molar-refractivity contribution is 6.28. The maximum atomic E-state index is 9.95. The summed E-state index contributed by atoms with van der Waals surface area (Å²) in [6.45, 7) is -0.638. The summed E-state index contributed by atoms with van der Waals surface area (Å²) in [6, 6.07) is 0. The molecule has 204 valence electrons. The number of halogens is 1. The number of aromatic nitrogens is 8. The molecule has 4 aromatic heterocycles. The Labute approximate surface area is 218 Å². The topological polar surface area (TPSA) is 259 Å². The second-order valence-corrected chi connectivity index (χ2v) is 8.97. The summed E-state index contributed by atoms with van der Waals surface area (Å²) in [6.07, 6.45) is -1.41. The fourth-order valence-corrected chi connectivity index (χ4v) is 4.51. The van der Waals surface area contributed by atoms with Gasteiger partial charge >= 0.3 is 0 Å². The van der Waals surface area contributed by atoms with Crippen LogP contribution in [-0.2, 0) is 9.47 Å². The summed E-state index contributed by atoms with van der Waals surface area (Å²) in [5.41, 5.74) is 13.0. The molecule has 0 amide bonds. The maximum absolute atomic E-state index is 9.95. The van der Waals surface area contributed by atoms with Crippen LogP contribution in [-0.4, -0.2) is 108 Å². The van der Waals surface area contributed by atoms with Gasteiger partial charge in [-0.05, 0) is 11.6 Å². The van der Waals surface area contributed by atoms with Crippen LogP contribution in [0.1, 0.15) is 18.9 Å². The number of aliphatic hydroxyl groups is 5. The van der Waals surface area contributed by atoms with Crippen LogP contribution in [0.15, 0.2) is 19.0 Å². The maximum Gasteiger partial charge on any atom is 0.226 e. The van der Waals surface area contributed by atoms with E-state index in [1.54, 1.807) is 4.57 Å². The van der Waals surface area contributed by atoms with Crippen molar-refractivity contribution in [3.63, 3.8) is 0 Å². The number of hydrogen-bond acceptors (Lipinski definition) is 15. The Hall–Kier alpha value is -3.29. The smallest absolute Gasteiger partial charge is 0.226 e. The molecule has 38 heavy (non-hydrogen) atoms. The van der Waals surface area contributed by atoms with Crippen LogP contribution in [0.3, 0.4) is 0 Å². The molecule has 17 nitrogen and oxygen atoms in total. The predicted octanol–water partition coefficient (Wildman–Crippen LogP) is -2.28. The third kappa shape index (κ3) is 4.58. The third-order valence-electron chi connectivity index (χ3n) is 6.29. The Morgan fingerprint density at radius 1 is 0.842 bits per heavy atom. The van der Waals surface area contributed by atoms with E-state index in [9.17, 15) is 15.3 Å². The van der Waals surface area contributed by atoms with Crippen molar-refractivity contribution in [1.29, 1.82) is 0 Å². The molecule has 0 aromatic carbocycles. The van der Waals surface area contributed by atoms with E-state index in [4.69, 9.17) is 42.8 Å². The quantitative estimate of drug-likeness (QED) is 0.131. The SMILES string of the molecule is Nc1nc(Cl)nc2c1ncn2[C@H]1C[C@H](O)[C@@H](CO)O1.Nc1ncnc2c1ncn2[C@@H]1O[C@H](CO)[C@@H](O)[C@H]1O. The number of ether oxygens (including phenoxy) is 2. The van der Waals surface area contributed by atoms with Gasteiger partial charge in [0.1, 0.15) is 48.0 Å². The molecule has 7 atom stereocenters. The van der Waals surface area contributed by atoms with Gasteiger partial charge in [-0.15, -0.1) is 0 Å². The molecular formula is C20H25ClN10O7. The zero-order valence-electron chi connectivity index (χ0n) is 19.6. The van der Waals surface area contributed by atoms with Crippen LogP contribution in [0.25, 0.3) is 22.3 Å². The number of fused-ring (bicyclic) bond motifs is 2. The molecule has 0 radical (unpaired) electrons. The van der Waals surface area contributed by atoms with Crippen LogP contribution in [0.5, 0.6) is 0 Å². The highest BCUT2D eigenvalue weighted by Crippen LogP contribution is 2.32. The Balaban J connectivity index is 0.000000155. The van der Waals surface area contributed by atoms with Gasteiger partial charge in [-0.1, -0.05) is 0 Å². The van der Waals surface area contributed by atoms with Crippen LogP contribution >= 0.6 is 11.6 Å². The van der Waals surface area contributed by atoms with Crippen molar-refractivity contribution in [1.82, 2.24) is 39.0 Å². The summed E-state index contributed by atoms with van der Waals surface area (Å²) in [5.74, 6) is 0.404. The van der Waals surface area contributed by atoms with E-state index >= 15 is 0 Å². The van der Waals surface area contributed by atoms with E-state index < -0.39 is 49.6 Å². The van der Waals surface area contributed by atoms with Crippen LogP contribution in [0.2, 0.25) is 5.28 Å². The molecule has 0 bridgehead atoms. The van der Waals surface area contributed by atoms with E-state index in [1.165, 1.54) is 23.5 Å². The number of nitrogen functional groups attached to an aromatic ring is 2. The van der Waals surface area contributed by atoms with Gasteiger partial charge in [0.15, 0.2) is 29.2 Å². The molecule has 0 aliphatic carbocycles. The van der Waals surface area contributed by atoms with Crippen LogP contribution in [0, 0.1) is 0 Å². The molecule has 6 rings (SSSR count). The molecule has 4 aromatic rings. The minimum atomic E-state index is -1.19. The molecule has 2 saturated heterocycles. The summed E-state index contributed by atoms with van der Waals surface area (Å²) in [7, 11) is 0. The van der Waals surface area contributed by atoms with E-state index in [-0.39, 0.29) is 23.5 Å². The molecule has 2 aliphatic rings. The van der Waals surface area contributed by atoms with Crippen LogP contribution < -0.4 is 11.5 Å². The lowest BCUT2D eigenvalue weighted by Gasteiger charge is -2.16. The van der Waals surface area contributed by atoms with Gasteiger partial charge in [-0.25, -0.2) is 19.9 Å². The number of nitrogens with two attached hydrogens (primary N) is 2. The Bertz CT molecular complexity index is 1440. The second kappa shape index (κ2) is 10.5. The molecule has 0 saturated carbocycles. The summed E-state index contributed by atoms with van der Waals surface area (Å²) < 4.78 is 14.0. The lowest BCUT2D eigenvalue weighted by molar-refractivity contribution is -0.0511. The van der Waals surface area contributed by atoms with Crippen molar-refractivity contribution in [3.05, 3.63) is 24.3 Å². The molecule has 6 heterocycles. The molecule has 0 spiro atoms. The van der Waals surface area contributed by atoms with Crippen molar-refractivity contribution >= 4 is 45.6 Å². The van der Waals surface area contributed by atoms with Gasteiger partial charge in [0, 0.05) is 6.42 Å². The van der Waals surface area contributed by atoms with Crippen molar-refractivity contribution in [3.8, 4) is 0 Å². The van der Waals surface area contributed by atoms with E-state index in [0.29, 0.717) is 28.7 Å². The Kier molecular flexibility index (Phi) is 7.25. The zero-order valence-corrected chi connectivity index (χ0v) is 20.3. The first-order valence-electron chi connectivity index (χ1n) is 11.4. The summed E-state index contributed by atoms with van der Waals surface area (Å²) in [4.78, 5) is 23.9. The van der Waals surface area contributed by atoms with Crippen LogP contribution in [0.4, 0.5) is 11.6 Å². The van der Waals surface area contributed by atoms with Gasteiger partial charge in [0.2, 0.25) is 5.28 Å². The van der Waals surface area contributed by atoms with E-state index in [2.05, 4.69) is 29.9 Å². The number of nitrogens with zero attached hydrogens (tertiary/aromatic N) is 8. The largest absolute Gasteiger partial charge is 0.394 e. The van der Waals surface area contributed by atoms with Gasteiger partial charge in [-0.3, -0.25) is 9.13 Å². The number of aliphatic hydroxyl groups excluding tert-OH is 5. The van der Waals surface area contributed by atoms with E-state index in [0.717, 1.165) is 0 Å². The van der Waals surface area contributed by atoms with Crippen molar-refractivity contribution in [2.24, 2.45) is 0 Å². The highest BCUT2D eigenvalue weighted by Gasteiger charge is 2.44. The fourth-order valence-electron chi connectivity index (χ4n) is 4.34. The van der Waals surface area contributed by atoms with E-state index in [1.807, 2.05) is 0 Å². The molecular weight excluding hydrogens is 528 g/mol. The average molecular weight is 553 g/mol. The predicted molar refractivity (Wildman–Crippen MR) is 129 cm³/mol. The van der Waals surface area contributed by atoms with Crippen molar-refractivity contribution in [2.45, 2.75) is 49.4 Å². The first-order chi connectivity index (χ1) is 18.2. The molecule has 2 fully saturated rings. The molecule has 0 unspecified atom stereocenters. The Morgan fingerprint density at radius 2 is 1.53 bits per heavy atom. The average Bonchev–Trinajstić information content (AvgIpc) is 3.65. The van der Waals surface area contributed by atoms with Crippen molar-refractivity contribution in [2.75, 3.05) is 24.7 Å². The number of rotatable bonds is 4. The highest BCUT2D eigenvalue weighted by atomic mass is 35.5. The molecule has 2 aliphatic heterocycles. The lowest BCUT2D eigenvalue weighted by atomic mass is 10.1. The summed E-state index contributed by atoms with van der Waals surface area (Å²) in [5, 5.41) is 47.6. The zero-order chi connectivity index (χ0) is 27.1. The van der Waals surface area contributed by atoms with Gasteiger partial charge < -0.3 is 46.5 Å². The first kappa shape index (κ1) is 26.3. The van der Waals surface area contributed by atoms with Gasteiger partial charge in [-0.2, -0.15) is 9.97 Å². The lowest BCUT2D eigenvalue weighted by Crippen LogP contribution is -2.33. The summed E-state index contributed by atoms with van der Waals surface area (Å²) >= 11 is 5.77. The third-order valence-corrected chi connectivity index (χ3v) is 6.46. The number of hydrogen-bond donors (Lipinski definition) is 7. The number of anilines is 2. The van der Waals surface area contributed by atoms with Gasteiger partial charge in [0.05, 0.1) is 32.0 Å². The number of imidazole rings is 2. The van der Waals surface area contributed by atoms with Crippen molar-refractivity contribution < 1.29 is 35.0 Å². The minimum absolute atomic E-state index is 0.0176.